The summed E-state index contributed by atoms with van der Waals surface area (Å²) in [5.41, 5.74) is 1.19. The Morgan fingerprint density at radius 1 is 1.16 bits per heavy atom. The van der Waals surface area contributed by atoms with E-state index in [0.717, 1.165) is 18.8 Å². The molecule has 1 unspecified atom stereocenters. The molecular formula is C19H29N3O3. The number of carbonyl (C=O) groups excluding carboxylic acids is 2. The summed E-state index contributed by atoms with van der Waals surface area (Å²) in [5, 5.41) is 5.65. The molecule has 0 saturated carbocycles. The van der Waals surface area contributed by atoms with Gasteiger partial charge in [0.2, 0.25) is 11.8 Å². The third-order valence-corrected chi connectivity index (χ3v) is 4.38. The molecule has 0 radical (unpaired) electrons. The number of amides is 2. The van der Waals surface area contributed by atoms with Gasteiger partial charge in [0, 0.05) is 26.4 Å². The Morgan fingerprint density at radius 3 is 2.44 bits per heavy atom. The van der Waals surface area contributed by atoms with Gasteiger partial charge in [0.05, 0.1) is 12.6 Å². The Kier molecular flexibility index (Phi) is 7.73. The topological polar surface area (TPSA) is 70.7 Å². The van der Waals surface area contributed by atoms with Gasteiger partial charge in [-0.2, -0.15) is 0 Å². The third kappa shape index (κ3) is 6.38. The Labute approximate surface area is 149 Å². The van der Waals surface area contributed by atoms with Crippen LogP contribution in [0.2, 0.25) is 0 Å². The van der Waals surface area contributed by atoms with Crippen LogP contribution < -0.4 is 15.4 Å². The van der Waals surface area contributed by atoms with Gasteiger partial charge in [-0.15, -0.1) is 0 Å². The van der Waals surface area contributed by atoms with Crippen LogP contribution in [0.25, 0.3) is 0 Å². The molecule has 2 rings (SSSR count). The molecule has 25 heavy (non-hydrogen) atoms. The second-order valence-corrected chi connectivity index (χ2v) is 6.30. The van der Waals surface area contributed by atoms with E-state index in [1.165, 1.54) is 25.3 Å². The third-order valence-electron chi connectivity index (χ3n) is 4.38. The van der Waals surface area contributed by atoms with E-state index in [1.807, 2.05) is 19.1 Å². The van der Waals surface area contributed by atoms with Crippen molar-refractivity contribution in [3.05, 3.63) is 29.8 Å². The van der Waals surface area contributed by atoms with Crippen LogP contribution >= 0.6 is 0 Å². The number of carbonyl (C=O) groups is 2. The molecule has 1 fully saturated rings. The van der Waals surface area contributed by atoms with Gasteiger partial charge >= 0.3 is 0 Å². The van der Waals surface area contributed by atoms with Crippen molar-refractivity contribution in [1.82, 2.24) is 15.5 Å². The average molecular weight is 347 g/mol. The van der Waals surface area contributed by atoms with Crippen molar-refractivity contribution < 1.29 is 14.3 Å². The predicted octanol–water partition coefficient (Wildman–Crippen LogP) is 1.86. The zero-order valence-corrected chi connectivity index (χ0v) is 15.2. The molecule has 1 aromatic rings. The molecule has 1 aliphatic heterocycles. The monoisotopic (exact) mass is 347 g/mol. The highest BCUT2D eigenvalue weighted by Gasteiger charge is 2.24. The Hall–Kier alpha value is -2.08. The zero-order chi connectivity index (χ0) is 18.1. The minimum Gasteiger partial charge on any atom is -0.494 e. The molecule has 1 saturated heterocycles. The summed E-state index contributed by atoms with van der Waals surface area (Å²) >= 11 is 0. The standard InChI is InChI=1S/C19H29N3O3/c1-3-25-17-8-6-16(7-9-17)18(22-12-4-5-13-22)14-21-19(24)10-11-20-15(2)23/h6-9,18H,3-5,10-14H2,1-2H3,(H,20,23)(H,21,24). The van der Waals surface area contributed by atoms with Crippen molar-refractivity contribution in [1.29, 1.82) is 0 Å². The van der Waals surface area contributed by atoms with E-state index in [4.69, 9.17) is 4.74 Å². The highest BCUT2D eigenvalue weighted by molar-refractivity contribution is 5.77. The van der Waals surface area contributed by atoms with Crippen molar-refractivity contribution in [2.24, 2.45) is 0 Å². The van der Waals surface area contributed by atoms with Crippen LogP contribution in [0.15, 0.2) is 24.3 Å². The Bertz CT molecular complexity index is 554. The first-order valence-electron chi connectivity index (χ1n) is 9.08. The second-order valence-electron chi connectivity index (χ2n) is 6.30. The van der Waals surface area contributed by atoms with Crippen LogP contribution in [-0.2, 0) is 9.59 Å². The molecule has 1 aliphatic rings. The largest absolute Gasteiger partial charge is 0.494 e. The van der Waals surface area contributed by atoms with Gasteiger partial charge in [0.1, 0.15) is 5.75 Å². The van der Waals surface area contributed by atoms with Gasteiger partial charge in [-0.1, -0.05) is 12.1 Å². The summed E-state index contributed by atoms with van der Waals surface area (Å²) in [5.74, 6) is 0.715. The van der Waals surface area contributed by atoms with E-state index >= 15 is 0 Å². The number of rotatable bonds is 9. The Balaban J connectivity index is 1.94. The maximum atomic E-state index is 12.0. The first-order chi connectivity index (χ1) is 12.1. The second kappa shape index (κ2) is 10.0. The van der Waals surface area contributed by atoms with Crippen molar-refractivity contribution in [3.8, 4) is 5.75 Å². The molecule has 0 bridgehead atoms. The molecule has 1 aromatic carbocycles. The van der Waals surface area contributed by atoms with Crippen molar-refractivity contribution >= 4 is 11.8 Å². The molecule has 1 heterocycles. The number of ether oxygens (including phenoxy) is 1. The van der Waals surface area contributed by atoms with E-state index < -0.39 is 0 Å². The zero-order valence-electron chi connectivity index (χ0n) is 15.2. The molecule has 6 nitrogen and oxygen atoms in total. The molecule has 2 N–H and O–H groups in total. The fourth-order valence-corrected chi connectivity index (χ4v) is 3.11. The number of hydrogen-bond donors (Lipinski definition) is 2. The van der Waals surface area contributed by atoms with Gasteiger partial charge in [-0.25, -0.2) is 0 Å². The van der Waals surface area contributed by atoms with Crippen LogP contribution in [0.5, 0.6) is 5.75 Å². The highest BCUT2D eigenvalue weighted by atomic mass is 16.5. The summed E-state index contributed by atoms with van der Waals surface area (Å²) in [6, 6.07) is 8.30. The van der Waals surface area contributed by atoms with Gasteiger partial charge in [-0.3, -0.25) is 14.5 Å². The number of nitrogens with zero attached hydrogens (tertiary/aromatic N) is 1. The fraction of sp³-hybridized carbons (Fsp3) is 0.579. The van der Waals surface area contributed by atoms with Crippen LogP contribution in [0.3, 0.4) is 0 Å². The molecule has 138 valence electrons. The quantitative estimate of drug-likeness (QED) is 0.715. The average Bonchev–Trinajstić information content (AvgIpc) is 3.11. The number of benzene rings is 1. The first kappa shape index (κ1) is 19.2. The van der Waals surface area contributed by atoms with Gasteiger partial charge in [0.25, 0.3) is 0 Å². The lowest BCUT2D eigenvalue weighted by molar-refractivity contribution is -0.121. The number of hydrogen-bond acceptors (Lipinski definition) is 4. The SMILES string of the molecule is CCOc1ccc(C(CNC(=O)CCNC(C)=O)N2CCCC2)cc1. The minimum atomic E-state index is -0.114. The summed E-state index contributed by atoms with van der Waals surface area (Å²) in [6.07, 6.45) is 2.70. The van der Waals surface area contributed by atoms with E-state index in [9.17, 15) is 9.59 Å². The van der Waals surface area contributed by atoms with Gasteiger partial charge < -0.3 is 15.4 Å². The minimum absolute atomic E-state index is 0.0381. The van der Waals surface area contributed by atoms with Crippen LogP contribution in [0.1, 0.15) is 44.7 Å². The van der Waals surface area contributed by atoms with Crippen LogP contribution in [0, 0.1) is 0 Å². The van der Waals surface area contributed by atoms with E-state index in [1.54, 1.807) is 0 Å². The van der Waals surface area contributed by atoms with Crippen molar-refractivity contribution in [2.45, 2.75) is 39.2 Å². The predicted molar refractivity (Wildman–Crippen MR) is 97.5 cm³/mol. The molecule has 2 amide bonds. The summed E-state index contributed by atoms with van der Waals surface area (Å²) in [6.45, 7) is 7.13. The number of nitrogens with one attached hydrogen (secondary N) is 2. The molecule has 0 aliphatic carbocycles. The lowest BCUT2D eigenvalue weighted by atomic mass is 10.1. The summed E-state index contributed by atoms with van der Waals surface area (Å²) < 4.78 is 5.51. The maximum absolute atomic E-state index is 12.0. The van der Waals surface area contributed by atoms with E-state index in [-0.39, 0.29) is 17.9 Å². The molecular weight excluding hydrogens is 318 g/mol. The van der Waals surface area contributed by atoms with E-state index in [0.29, 0.717) is 26.1 Å². The Morgan fingerprint density at radius 2 is 1.84 bits per heavy atom. The van der Waals surface area contributed by atoms with Crippen molar-refractivity contribution in [3.63, 3.8) is 0 Å². The van der Waals surface area contributed by atoms with Crippen LogP contribution in [-0.4, -0.2) is 49.5 Å². The van der Waals surface area contributed by atoms with Gasteiger partial charge in [-0.05, 0) is 50.6 Å². The first-order valence-corrected chi connectivity index (χ1v) is 9.08. The number of likely N-dealkylation sites (tertiary alicyclic amines) is 1. The molecule has 1 atom stereocenters. The molecule has 6 heteroatoms. The van der Waals surface area contributed by atoms with Crippen molar-refractivity contribution in [2.75, 3.05) is 32.8 Å². The lowest BCUT2D eigenvalue weighted by Crippen LogP contribution is -2.37. The summed E-state index contributed by atoms with van der Waals surface area (Å²) in [7, 11) is 0. The fourth-order valence-electron chi connectivity index (χ4n) is 3.11. The molecule has 0 spiro atoms. The lowest BCUT2D eigenvalue weighted by Gasteiger charge is -2.28. The summed E-state index contributed by atoms with van der Waals surface area (Å²) in [4.78, 5) is 25.3. The highest BCUT2D eigenvalue weighted by Crippen LogP contribution is 2.26. The van der Waals surface area contributed by atoms with E-state index in [2.05, 4.69) is 27.7 Å². The normalized spacial score (nSPS) is 15.6. The van der Waals surface area contributed by atoms with Gasteiger partial charge in [0.15, 0.2) is 0 Å². The molecule has 0 aromatic heterocycles. The van der Waals surface area contributed by atoms with Crippen LogP contribution in [0.4, 0.5) is 0 Å². The maximum Gasteiger partial charge on any atom is 0.221 e. The smallest absolute Gasteiger partial charge is 0.221 e.